The van der Waals surface area contributed by atoms with Crippen LogP contribution < -0.4 is 0 Å². The minimum Gasteiger partial charge on any atom is -0.477 e. The van der Waals surface area contributed by atoms with Gasteiger partial charge in [0.2, 0.25) is 0 Å². The summed E-state index contributed by atoms with van der Waals surface area (Å²) in [5.41, 5.74) is 2.36. The largest absolute Gasteiger partial charge is 0.477 e. The highest BCUT2D eigenvalue weighted by molar-refractivity contribution is 5.85. The van der Waals surface area contributed by atoms with Crippen molar-refractivity contribution >= 4 is 5.97 Å². The second-order valence-electron chi connectivity index (χ2n) is 3.54. The minimum absolute atomic E-state index is 0.167. The van der Waals surface area contributed by atoms with Gasteiger partial charge in [0, 0.05) is 12.6 Å². The molecule has 0 bridgehead atoms. The van der Waals surface area contributed by atoms with Crippen molar-refractivity contribution in [2.45, 2.75) is 32.6 Å². The topological polar surface area (TPSA) is 74.0 Å². The molecule has 0 unspecified atom stereocenters. The molecule has 1 N–H and O–H groups in total. The van der Waals surface area contributed by atoms with Crippen LogP contribution >= 0.6 is 0 Å². The van der Waals surface area contributed by atoms with E-state index in [1.54, 1.807) is 12.1 Å². The Kier molecular flexibility index (Phi) is 4.46. The van der Waals surface area contributed by atoms with Crippen LogP contribution in [0.1, 0.15) is 41.5 Å². The smallest absolute Gasteiger partial charge is 0.354 e. The van der Waals surface area contributed by atoms with Crippen molar-refractivity contribution in [3.63, 3.8) is 0 Å². The Morgan fingerprint density at radius 2 is 2.06 bits per heavy atom. The van der Waals surface area contributed by atoms with Crippen LogP contribution in [0.2, 0.25) is 0 Å². The first-order valence-electron chi connectivity index (χ1n) is 5.22. The lowest BCUT2D eigenvalue weighted by atomic mass is 9.96. The van der Waals surface area contributed by atoms with Crippen LogP contribution in [0.5, 0.6) is 0 Å². The maximum Gasteiger partial charge on any atom is 0.354 e. The number of carboxylic acids is 1. The number of fused-ring (bicyclic) bond motifs is 1. The lowest BCUT2D eigenvalue weighted by molar-refractivity contribution is 0.0690. The molecule has 1 aliphatic carbocycles. The van der Waals surface area contributed by atoms with E-state index in [2.05, 4.69) is 4.98 Å². The van der Waals surface area contributed by atoms with Crippen molar-refractivity contribution < 1.29 is 9.90 Å². The minimum atomic E-state index is -0.937. The van der Waals surface area contributed by atoms with E-state index in [0.29, 0.717) is 0 Å². The molecule has 0 saturated heterocycles. The molecule has 1 heterocycles. The zero-order chi connectivity index (χ0) is 12.0. The predicted octanol–water partition coefficient (Wildman–Crippen LogP) is 2.19. The Bertz CT molecular complexity index is 422. The van der Waals surface area contributed by atoms with Crippen LogP contribution in [-0.2, 0) is 12.8 Å². The van der Waals surface area contributed by atoms with Gasteiger partial charge in [-0.3, -0.25) is 0 Å². The van der Waals surface area contributed by atoms with Crippen molar-refractivity contribution in [1.29, 1.82) is 5.26 Å². The molecule has 0 radical (unpaired) electrons. The molecule has 0 atom stereocenters. The molecule has 0 amide bonds. The molecule has 0 aromatic carbocycles. The summed E-state index contributed by atoms with van der Waals surface area (Å²) in [4.78, 5) is 14.7. The summed E-state index contributed by atoms with van der Waals surface area (Å²) in [6.07, 6.45) is 4.29. The highest BCUT2D eigenvalue weighted by atomic mass is 16.4. The van der Waals surface area contributed by atoms with Gasteiger partial charge in [0.15, 0.2) is 0 Å². The number of hydrogen-bond donors (Lipinski definition) is 1. The van der Waals surface area contributed by atoms with E-state index in [1.165, 1.54) is 18.9 Å². The molecule has 1 aromatic rings. The number of hydrogen-bond acceptors (Lipinski definition) is 3. The summed E-state index contributed by atoms with van der Waals surface area (Å²) in [7, 11) is 0. The second-order valence-corrected chi connectivity index (χ2v) is 3.54. The molecule has 1 aliphatic rings. The quantitative estimate of drug-likeness (QED) is 0.784. The van der Waals surface area contributed by atoms with Crippen molar-refractivity contribution in [2.24, 2.45) is 0 Å². The van der Waals surface area contributed by atoms with Gasteiger partial charge in [-0.25, -0.2) is 9.78 Å². The van der Waals surface area contributed by atoms with Crippen LogP contribution in [0.3, 0.4) is 0 Å². The van der Waals surface area contributed by atoms with Crippen LogP contribution in [0.15, 0.2) is 12.1 Å². The fraction of sp³-hybridized carbons (Fsp3) is 0.417. The number of nitrogens with zero attached hydrogens (tertiary/aromatic N) is 2. The number of rotatable bonds is 1. The van der Waals surface area contributed by atoms with E-state index in [4.69, 9.17) is 10.4 Å². The standard InChI is InChI=1S/C10H11NO2.C2H3N/c12-10(13)9-6-5-7-3-1-2-4-8(7)11-9;1-2-3/h5-6H,1-4H2,(H,12,13);1H3. The second kappa shape index (κ2) is 5.86. The fourth-order valence-electron chi connectivity index (χ4n) is 1.70. The van der Waals surface area contributed by atoms with Crippen LogP contribution in [0, 0.1) is 11.3 Å². The number of aromatic nitrogens is 1. The molecule has 0 spiro atoms. The van der Waals surface area contributed by atoms with Gasteiger partial charge < -0.3 is 5.11 Å². The summed E-state index contributed by atoms with van der Waals surface area (Å²) in [5, 5.41) is 16.0. The number of aryl methyl sites for hydroxylation is 2. The van der Waals surface area contributed by atoms with Gasteiger partial charge in [0.1, 0.15) is 5.69 Å². The SMILES string of the molecule is CC#N.O=C(O)c1ccc2c(n1)CCCC2. The molecule has 2 rings (SSSR count). The molecule has 4 heteroatoms. The van der Waals surface area contributed by atoms with E-state index in [0.717, 1.165) is 25.0 Å². The molecular weight excluding hydrogens is 204 g/mol. The highest BCUT2D eigenvalue weighted by Crippen LogP contribution is 2.19. The third kappa shape index (κ3) is 3.06. The summed E-state index contributed by atoms with van der Waals surface area (Å²) in [5.74, 6) is -0.937. The van der Waals surface area contributed by atoms with Gasteiger partial charge in [0.05, 0.1) is 6.07 Å². The van der Waals surface area contributed by atoms with Crippen LogP contribution in [-0.4, -0.2) is 16.1 Å². The maximum atomic E-state index is 10.6. The van der Waals surface area contributed by atoms with E-state index >= 15 is 0 Å². The highest BCUT2D eigenvalue weighted by Gasteiger charge is 2.13. The monoisotopic (exact) mass is 218 g/mol. The Morgan fingerprint density at radius 3 is 2.69 bits per heavy atom. The van der Waals surface area contributed by atoms with E-state index in [1.807, 2.05) is 6.07 Å². The Morgan fingerprint density at radius 1 is 1.44 bits per heavy atom. The summed E-state index contributed by atoms with van der Waals surface area (Å²) in [6, 6.07) is 5.23. The lowest BCUT2D eigenvalue weighted by Gasteiger charge is -2.14. The van der Waals surface area contributed by atoms with Crippen molar-refractivity contribution in [3.8, 4) is 6.07 Å². The van der Waals surface area contributed by atoms with Crippen LogP contribution in [0.25, 0.3) is 0 Å². The molecule has 0 saturated carbocycles. The number of aromatic carboxylic acids is 1. The van der Waals surface area contributed by atoms with E-state index in [-0.39, 0.29) is 5.69 Å². The first-order valence-corrected chi connectivity index (χ1v) is 5.22. The zero-order valence-electron chi connectivity index (χ0n) is 9.23. The van der Waals surface area contributed by atoms with Gasteiger partial charge in [0.25, 0.3) is 0 Å². The predicted molar refractivity (Wildman–Crippen MR) is 59.1 cm³/mol. The Hall–Kier alpha value is -1.89. The fourth-order valence-corrected chi connectivity index (χ4v) is 1.70. The third-order valence-electron chi connectivity index (χ3n) is 2.40. The molecule has 1 aromatic heterocycles. The third-order valence-corrected chi connectivity index (χ3v) is 2.40. The van der Waals surface area contributed by atoms with E-state index < -0.39 is 5.97 Å². The molecule has 4 nitrogen and oxygen atoms in total. The van der Waals surface area contributed by atoms with Crippen molar-refractivity contribution in [2.75, 3.05) is 0 Å². The van der Waals surface area contributed by atoms with Gasteiger partial charge in [-0.15, -0.1) is 0 Å². The normalized spacial score (nSPS) is 12.8. The van der Waals surface area contributed by atoms with Crippen molar-refractivity contribution in [3.05, 3.63) is 29.1 Å². The number of nitriles is 1. The maximum absolute atomic E-state index is 10.6. The first kappa shape index (κ1) is 12.2. The average molecular weight is 218 g/mol. The lowest BCUT2D eigenvalue weighted by Crippen LogP contribution is -2.09. The molecule has 16 heavy (non-hydrogen) atoms. The number of carbonyl (C=O) groups is 1. The van der Waals surface area contributed by atoms with Gasteiger partial charge in [-0.05, 0) is 37.3 Å². The molecule has 84 valence electrons. The zero-order valence-corrected chi connectivity index (χ0v) is 9.23. The van der Waals surface area contributed by atoms with Crippen LogP contribution in [0.4, 0.5) is 0 Å². The average Bonchev–Trinajstić information content (AvgIpc) is 2.29. The number of carboxylic acid groups (broad SMARTS) is 1. The first-order chi connectivity index (χ1) is 7.69. The Labute approximate surface area is 94.6 Å². The van der Waals surface area contributed by atoms with E-state index in [9.17, 15) is 4.79 Å². The van der Waals surface area contributed by atoms with Gasteiger partial charge >= 0.3 is 5.97 Å². The molecule has 0 aliphatic heterocycles. The molecular formula is C12H14N2O2. The summed E-state index contributed by atoms with van der Waals surface area (Å²) < 4.78 is 0. The Balaban J connectivity index is 0.000000386. The van der Waals surface area contributed by atoms with Crippen molar-refractivity contribution in [1.82, 2.24) is 4.98 Å². The number of pyridine rings is 1. The van der Waals surface area contributed by atoms with Gasteiger partial charge in [-0.2, -0.15) is 5.26 Å². The summed E-state index contributed by atoms with van der Waals surface area (Å²) >= 11 is 0. The summed E-state index contributed by atoms with van der Waals surface area (Å²) in [6.45, 7) is 1.43. The van der Waals surface area contributed by atoms with Gasteiger partial charge in [-0.1, -0.05) is 6.07 Å². The molecule has 0 fully saturated rings.